The van der Waals surface area contributed by atoms with E-state index in [9.17, 15) is 0 Å². The number of fused-ring (bicyclic) bond motifs is 7. The fourth-order valence-electron chi connectivity index (χ4n) is 7.37. The Hall–Kier alpha value is -6.85. The van der Waals surface area contributed by atoms with Crippen LogP contribution < -0.4 is 0 Å². The van der Waals surface area contributed by atoms with Crippen LogP contribution in [-0.2, 0) is 0 Å². The van der Waals surface area contributed by atoms with Crippen LogP contribution in [0.1, 0.15) is 5.56 Å². The molecule has 0 amide bonds. The molecule has 0 aliphatic rings. The molecule has 10 rings (SSSR count). The van der Waals surface area contributed by atoms with Gasteiger partial charge in [-0.3, -0.25) is 0 Å². The van der Waals surface area contributed by atoms with Crippen molar-refractivity contribution in [3.63, 3.8) is 0 Å². The number of para-hydroxylation sites is 2. The highest BCUT2D eigenvalue weighted by atomic mass is 16.3. The highest BCUT2D eigenvalue weighted by molar-refractivity contribution is 6.24. The first-order valence-electron chi connectivity index (χ1n) is 17.1. The summed E-state index contributed by atoms with van der Waals surface area (Å²) in [4.78, 5) is 15.1. The first-order valence-corrected chi connectivity index (χ1v) is 17.1. The molecule has 0 radical (unpaired) electrons. The molecule has 10 aromatic rings. The quantitative estimate of drug-likeness (QED) is 0.185. The summed E-state index contributed by atoms with van der Waals surface area (Å²) in [5, 5.41) is 4.58. The lowest BCUT2D eigenvalue weighted by Gasteiger charge is -2.17. The Balaban J connectivity index is 1.28. The Kier molecular flexibility index (Phi) is 6.64. The van der Waals surface area contributed by atoms with Crippen LogP contribution in [0.4, 0.5) is 0 Å². The van der Waals surface area contributed by atoms with Crippen LogP contribution in [0.15, 0.2) is 168 Å². The molecule has 0 bridgehead atoms. The zero-order chi connectivity index (χ0) is 33.9. The molecule has 5 heteroatoms. The van der Waals surface area contributed by atoms with Crippen molar-refractivity contribution >= 4 is 43.7 Å². The second kappa shape index (κ2) is 11.6. The third-order valence-corrected chi connectivity index (χ3v) is 9.70. The molecule has 0 N–H and O–H groups in total. The van der Waals surface area contributed by atoms with E-state index < -0.39 is 0 Å². The van der Waals surface area contributed by atoms with Crippen LogP contribution in [0.5, 0.6) is 0 Å². The van der Waals surface area contributed by atoms with Gasteiger partial charge >= 0.3 is 0 Å². The van der Waals surface area contributed by atoms with Crippen molar-refractivity contribution in [2.24, 2.45) is 0 Å². The van der Waals surface area contributed by atoms with Gasteiger partial charge in [-0.2, -0.15) is 0 Å². The van der Waals surface area contributed by atoms with Gasteiger partial charge in [0.15, 0.2) is 17.5 Å². The van der Waals surface area contributed by atoms with Crippen molar-refractivity contribution < 1.29 is 4.42 Å². The summed E-state index contributed by atoms with van der Waals surface area (Å²) >= 11 is 0. The first-order chi connectivity index (χ1) is 25.2. The van der Waals surface area contributed by atoms with E-state index in [1.807, 2.05) is 72.8 Å². The van der Waals surface area contributed by atoms with Gasteiger partial charge in [0.25, 0.3) is 0 Å². The minimum Gasteiger partial charge on any atom is -0.456 e. The average molecular weight is 655 g/mol. The van der Waals surface area contributed by atoms with Crippen molar-refractivity contribution in [1.82, 2.24) is 19.5 Å². The van der Waals surface area contributed by atoms with Gasteiger partial charge < -0.3 is 8.98 Å². The van der Waals surface area contributed by atoms with E-state index in [0.717, 1.165) is 66.5 Å². The minimum atomic E-state index is 0.619. The van der Waals surface area contributed by atoms with Crippen molar-refractivity contribution in [3.8, 4) is 51.0 Å². The Morgan fingerprint density at radius 2 is 1.08 bits per heavy atom. The summed E-state index contributed by atoms with van der Waals surface area (Å²) in [5.41, 5.74) is 11.2. The SMILES string of the molecule is Cc1cccc(-c2cc(-c3nc(-c4ccccc4)nc(-c4ccccc4)n3)ccc2-n2c3ccccc3c3ccc4oc5ccccc5c4c32)c1. The molecule has 0 aliphatic carbocycles. The van der Waals surface area contributed by atoms with Gasteiger partial charge in [0, 0.05) is 38.4 Å². The van der Waals surface area contributed by atoms with E-state index in [0.29, 0.717) is 17.5 Å². The van der Waals surface area contributed by atoms with Crippen LogP contribution >= 0.6 is 0 Å². The Morgan fingerprint density at radius 1 is 0.451 bits per heavy atom. The fraction of sp³-hybridized carbons (Fsp3) is 0.0217. The molecule has 51 heavy (non-hydrogen) atoms. The predicted molar refractivity (Wildman–Crippen MR) is 208 cm³/mol. The summed E-state index contributed by atoms with van der Waals surface area (Å²) in [7, 11) is 0. The predicted octanol–water partition coefficient (Wildman–Crippen LogP) is 11.8. The van der Waals surface area contributed by atoms with E-state index >= 15 is 0 Å². The van der Waals surface area contributed by atoms with Crippen LogP contribution in [0.3, 0.4) is 0 Å². The first kappa shape index (κ1) is 29.1. The lowest BCUT2D eigenvalue weighted by Crippen LogP contribution is -2.02. The molecule has 0 unspecified atom stereocenters. The van der Waals surface area contributed by atoms with E-state index in [1.54, 1.807) is 0 Å². The van der Waals surface area contributed by atoms with Gasteiger partial charge in [-0.1, -0.05) is 127 Å². The molecule has 5 nitrogen and oxygen atoms in total. The summed E-state index contributed by atoms with van der Waals surface area (Å²) < 4.78 is 8.83. The molecule has 0 aliphatic heterocycles. The summed E-state index contributed by atoms with van der Waals surface area (Å²) in [6.07, 6.45) is 0. The lowest BCUT2D eigenvalue weighted by molar-refractivity contribution is 0.669. The van der Waals surface area contributed by atoms with Gasteiger partial charge in [-0.05, 0) is 55.0 Å². The minimum absolute atomic E-state index is 0.619. The number of hydrogen-bond acceptors (Lipinski definition) is 4. The van der Waals surface area contributed by atoms with Crippen molar-refractivity contribution in [2.45, 2.75) is 6.92 Å². The van der Waals surface area contributed by atoms with Crippen LogP contribution in [-0.4, -0.2) is 19.5 Å². The number of aromatic nitrogens is 4. The van der Waals surface area contributed by atoms with Crippen molar-refractivity contribution in [1.29, 1.82) is 0 Å². The molecule has 3 aromatic heterocycles. The summed E-state index contributed by atoms with van der Waals surface area (Å²) in [5.74, 6) is 1.89. The molecule has 0 spiro atoms. The Bertz CT molecular complexity index is 2870. The molecule has 0 saturated heterocycles. The van der Waals surface area contributed by atoms with E-state index in [4.69, 9.17) is 19.4 Å². The number of nitrogens with zero attached hydrogens (tertiary/aromatic N) is 4. The zero-order valence-corrected chi connectivity index (χ0v) is 27.8. The van der Waals surface area contributed by atoms with Gasteiger partial charge in [-0.25, -0.2) is 15.0 Å². The molecule has 0 fully saturated rings. The molecule has 7 aromatic carbocycles. The zero-order valence-electron chi connectivity index (χ0n) is 27.8. The Morgan fingerprint density at radius 3 is 1.80 bits per heavy atom. The normalized spacial score (nSPS) is 11.6. The molecule has 3 heterocycles. The van der Waals surface area contributed by atoms with E-state index in [-0.39, 0.29) is 0 Å². The summed E-state index contributed by atoms with van der Waals surface area (Å²) in [6.45, 7) is 2.14. The van der Waals surface area contributed by atoms with Gasteiger partial charge in [0.2, 0.25) is 0 Å². The third kappa shape index (κ3) is 4.82. The Labute approximate surface area is 294 Å². The van der Waals surface area contributed by atoms with Crippen molar-refractivity contribution in [2.75, 3.05) is 0 Å². The lowest BCUT2D eigenvalue weighted by atomic mass is 9.98. The highest BCUT2D eigenvalue weighted by Gasteiger charge is 2.22. The van der Waals surface area contributed by atoms with Crippen molar-refractivity contribution in [3.05, 3.63) is 169 Å². The van der Waals surface area contributed by atoms with Crippen LogP contribution in [0.2, 0.25) is 0 Å². The molecule has 0 saturated carbocycles. The largest absolute Gasteiger partial charge is 0.456 e. The number of rotatable bonds is 5. The topological polar surface area (TPSA) is 56.7 Å². The average Bonchev–Trinajstić information content (AvgIpc) is 3.74. The summed E-state index contributed by atoms with van der Waals surface area (Å²) in [6, 6.07) is 56.8. The highest BCUT2D eigenvalue weighted by Crippen LogP contribution is 2.43. The maximum Gasteiger partial charge on any atom is 0.164 e. The second-order valence-corrected chi connectivity index (χ2v) is 12.9. The monoisotopic (exact) mass is 654 g/mol. The third-order valence-electron chi connectivity index (χ3n) is 9.70. The molecular weight excluding hydrogens is 625 g/mol. The second-order valence-electron chi connectivity index (χ2n) is 12.9. The maximum absolute atomic E-state index is 6.41. The van der Waals surface area contributed by atoms with Gasteiger partial charge in [0.05, 0.1) is 22.1 Å². The van der Waals surface area contributed by atoms with Gasteiger partial charge in [0.1, 0.15) is 11.2 Å². The molecular formula is C46H30N4O. The number of furan rings is 1. The van der Waals surface area contributed by atoms with E-state index in [2.05, 4.69) is 102 Å². The number of benzene rings is 7. The van der Waals surface area contributed by atoms with Crippen LogP contribution in [0, 0.1) is 6.92 Å². The fourth-order valence-corrected chi connectivity index (χ4v) is 7.37. The number of hydrogen-bond donors (Lipinski definition) is 0. The van der Waals surface area contributed by atoms with Gasteiger partial charge in [-0.15, -0.1) is 0 Å². The smallest absolute Gasteiger partial charge is 0.164 e. The van der Waals surface area contributed by atoms with Crippen LogP contribution in [0.25, 0.3) is 94.7 Å². The molecule has 240 valence electrons. The van der Waals surface area contributed by atoms with E-state index in [1.165, 1.54) is 16.3 Å². The molecule has 0 atom stereocenters. The maximum atomic E-state index is 6.41. The standard InChI is InChI=1S/C46H30N4O/c1-29-13-12-18-32(27-29)37-28-33(46-48-44(30-14-4-2-5-15-30)47-45(49-46)31-16-6-3-7-17-31)23-25-39(37)50-38-21-10-8-19-34(38)35-24-26-41-42(43(35)50)36-20-9-11-22-40(36)51-41/h2-28H,1H3. The number of aryl methyl sites for hydroxylation is 1.